The van der Waals surface area contributed by atoms with Gasteiger partial charge in [-0.3, -0.25) is 19.2 Å². The normalized spacial score (nSPS) is 19.7. The van der Waals surface area contributed by atoms with E-state index in [4.69, 9.17) is 16.3 Å². The van der Waals surface area contributed by atoms with E-state index in [9.17, 15) is 14.0 Å². The number of carbonyl (C=O) groups excluding carboxylic acids is 1. The Kier molecular flexibility index (Phi) is 7.91. The highest BCUT2D eigenvalue weighted by Gasteiger charge is 2.37. The first-order valence-electron chi connectivity index (χ1n) is 14.7. The number of aromatic nitrogens is 2. The molecule has 0 saturated carbocycles. The third-order valence-corrected chi connectivity index (χ3v) is 9.17. The molecule has 4 heterocycles. The number of fused-ring (bicyclic) bond motifs is 5. The molecule has 9 nitrogen and oxygen atoms in total. The molecule has 1 atom stereocenters. The van der Waals surface area contributed by atoms with Crippen LogP contribution in [0.5, 0.6) is 5.75 Å². The summed E-state index contributed by atoms with van der Waals surface area (Å²) in [5, 5.41) is 0.731. The largest absolute Gasteiger partial charge is 0.486 e. The molecule has 43 heavy (non-hydrogen) atoms. The van der Waals surface area contributed by atoms with E-state index in [1.54, 1.807) is 15.5 Å². The third-order valence-electron chi connectivity index (χ3n) is 8.87. The average Bonchev–Trinajstić information content (AvgIpc) is 3.01. The predicted molar refractivity (Wildman–Crippen MR) is 162 cm³/mol. The van der Waals surface area contributed by atoms with Crippen molar-refractivity contribution in [1.29, 1.82) is 0 Å². The summed E-state index contributed by atoms with van der Waals surface area (Å²) in [6.45, 7) is 13.8. The Morgan fingerprint density at radius 1 is 1.14 bits per heavy atom. The Balaban J connectivity index is 1.65. The van der Waals surface area contributed by atoms with E-state index >= 15 is 4.39 Å². The zero-order valence-electron chi connectivity index (χ0n) is 24.6. The predicted octanol–water partition coefficient (Wildman–Crippen LogP) is 4.61. The van der Waals surface area contributed by atoms with E-state index in [0.717, 1.165) is 25.6 Å². The standard InChI is InChI=1S/C31H35ClF2N6O3/c1-5-23(41)38-13-14-39(18(4)16-38)29-20-15-21(32)25-24-19(9-10-22(33)26(24)34)17-43-28(25)27(20)40(30(42)35-29)31-36(6-2)11-8-12-37(31)7-3/h5,9-10,15,18,31H,1,6-8,11-14,16-17H2,2-4H3/t18-/m0/s1. The number of anilines is 1. The van der Waals surface area contributed by atoms with E-state index in [-0.39, 0.29) is 40.5 Å². The minimum absolute atomic E-state index is 0.0147. The lowest BCUT2D eigenvalue weighted by Gasteiger charge is -2.45. The number of amides is 1. The lowest BCUT2D eigenvalue weighted by Crippen LogP contribution is -2.55. The van der Waals surface area contributed by atoms with Crippen molar-refractivity contribution in [2.24, 2.45) is 0 Å². The van der Waals surface area contributed by atoms with E-state index < -0.39 is 23.6 Å². The smallest absolute Gasteiger partial charge is 0.352 e. The highest BCUT2D eigenvalue weighted by atomic mass is 35.5. The van der Waals surface area contributed by atoms with E-state index in [2.05, 4.69) is 21.4 Å². The van der Waals surface area contributed by atoms with Gasteiger partial charge in [-0.1, -0.05) is 38.1 Å². The van der Waals surface area contributed by atoms with Crippen LogP contribution in [0.1, 0.15) is 39.0 Å². The van der Waals surface area contributed by atoms with Crippen molar-refractivity contribution in [2.75, 3.05) is 50.7 Å². The molecule has 228 valence electrons. The number of benzene rings is 2. The number of piperazine rings is 1. The molecule has 3 aromatic rings. The molecule has 2 aromatic carbocycles. The van der Waals surface area contributed by atoms with Crippen molar-refractivity contribution >= 4 is 34.2 Å². The van der Waals surface area contributed by atoms with Crippen LogP contribution in [0.3, 0.4) is 0 Å². The number of hydrogen-bond acceptors (Lipinski definition) is 7. The average molecular weight is 613 g/mol. The van der Waals surface area contributed by atoms with Crippen molar-refractivity contribution < 1.29 is 18.3 Å². The van der Waals surface area contributed by atoms with Crippen LogP contribution in [0.4, 0.5) is 14.6 Å². The maximum Gasteiger partial charge on any atom is 0.352 e. The molecule has 1 aromatic heterocycles. The van der Waals surface area contributed by atoms with Crippen LogP contribution in [-0.2, 0) is 11.4 Å². The summed E-state index contributed by atoms with van der Waals surface area (Å²) in [5.74, 6) is -1.51. The fourth-order valence-electron chi connectivity index (χ4n) is 6.77. The Hall–Kier alpha value is -3.54. The van der Waals surface area contributed by atoms with Gasteiger partial charge in [0.05, 0.1) is 5.02 Å². The summed E-state index contributed by atoms with van der Waals surface area (Å²) >= 11 is 6.91. The van der Waals surface area contributed by atoms with Gasteiger partial charge in [0.1, 0.15) is 24.2 Å². The van der Waals surface area contributed by atoms with Crippen LogP contribution >= 0.6 is 11.6 Å². The van der Waals surface area contributed by atoms with Crippen molar-refractivity contribution in [2.45, 2.75) is 46.1 Å². The van der Waals surface area contributed by atoms with Gasteiger partial charge in [0, 0.05) is 60.8 Å². The second-order valence-electron chi connectivity index (χ2n) is 11.2. The Morgan fingerprint density at radius 2 is 1.86 bits per heavy atom. The monoisotopic (exact) mass is 612 g/mol. The lowest BCUT2D eigenvalue weighted by atomic mass is 9.94. The van der Waals surface area contributed by atoms with Gasteiger partial charge in [0.25, 0.3) is 0 Å². The highest BCUT2D eigenvalue weighted by molar-refractivity contribution is 6.35. The zero-order valence-corrected chi connectivity index (χ0v) is 25.3. The van der Waals surface area contributed by atoms with E-state index in [1.165, 1.54) is 12.1 Å². The molecule has 1 amide bonds. The molecular weight excluding hydrogens is 578 g/mol. The number of ether oxygens (including phenoxy) is 1. The van der Waals surface area contributed by atoms with Gasteiger partial charge in [0.2, 0.25) is 5.91 Å². The van der Waals surface area contributed by atoms with Gasteiger partial charge in [-0.25, -0.2) is 13.6 Å². The Bertz CT molecular complexity index is 1670. The first kappa shape index (κ1) is 29.5. The Morgan fingerprint density at radius 3 is 2.51 bits per heavy atom. The highest BCUT2D eigenvalue weighted by Crippen LogP contribution is 2.49. The summed E-state index contributed by atoms with van der Waals surface area (Å²) in [6.07, 6.45) is 1.77. The maximum atomic E-state index is 15.4. The minimum Gasteiger partial charge on any atom is -0.486 e. The fourth-order valence-corrected chi connectivity index (χ4v) is 7.06. The van der Waals surface area contributed by atoms with Gasteiger partial charge in [-0.05, 0) is 44.6 Å². The van der Waals surface area contributed by atoms with Gasteiger partial charge < -0.3 is 14.5 Å². The molecule has 0 unspecified atom stereocenters. The van der Waals surface area contributed by atoms with Crippen LogP contribution in [0, 0.1) is 11.6 Å². The summed E-state index contributed by atoms with van der Waals surface area (Å²) in [7, 11) is 0. The first-order valence-corrected chi connectivity index (χ1v) is 15.1. The van der Waals surface area contributed by atoms with Crippen LogP contribution in [0.25, 0.3) is 22.0 Å². The molecule has 2 saturated heterocycles. The van der Waals surface area contributed by atoms with Crippen LogP contribution < -0.4 is 15.3 Å². The van der Waals surface area contributed by atoms with Crippen molar-refractivity contribution in [3.8, 4) is 16.9 Å². The van der Waals surface area contributed by atoms with E-state index in [1.807, 2.05) is 25.7 Å². The minimum atomic E-state index is -1.01. The number of halogens is 3. The Labute approximate surface area is 253 Å². The van der Waals surface area contributed by atoms with Crippen LogP contribution in [-0.4, -0.2) is 82.0 Å². The molecule has 3 aliphatic rings. The molecule has 12 heteroatoms. The SMILES string of the molecule is C=CC(=O)N1CCN(c2nc(=O)n(C3N(CC)CCCN3CC)c3c4c(c(Cl)cc23)-c2c(ccc(F)c2F)CO4)[C@@H](C)C1. The number of rotatable bonds is 5. The summed E-state index contributed by atoms with van der Waals surface area (Å²) in [6, 6.07) is 4.07. The van der Waals surface area contributed by atoms with Crippen molar-refractivity contribution in [3.05, 3.63) is 63.6 Å². The fraction of sp³-hybridized carbons (Fsp3) is 0.452. The van der Waals surface area contributed by atoms with Crippen LogP contribution in [0.2, 0.25) is 5.02 Å². The summed E-state index contributed by atoms with van der Waals surface area (Å²) in [4.78, 5) is 39.4. The van der Waals surface area contributed by atoms with Gasteiger partial charge in [-0.2, -0.15) is 4.98 Å². The third kappa shape index (κ3) is 4.78. The van der Waals surface area contributed by atoms with Gasteiger partial charge in [-0.15, -0.1) is 0 Å². The maximum absolute atomic E-state index is 15.4. The zero-order chi connectivity index (χ0) is 30.6. The van der Waals surface area contributed by atoms with Gasteiger partial charge in [0.15, 0.2) is 17.4 Å². The molecule has 2 fully saturated rings. The first-order chi connectivity index (χ1) is 20.7. The second kappa shape index (κ2) is 11.5. The molecular formula is C31H35ClF2N6O3. The topological polar surface area (TPSA) is 74.2 Å². The van der Waals surface area contributed by atoms with Crippen LogP contribution in [0.15, 0.2) is 35.6 Å². The summed E-state index contributed by atoms with van der Waals surface area (Å²) < 4.78 is 37.9. The second-order valence-corrected chi connectivity index (χ2v) is 11.6. The molecule has 0 spiro atoms. The summed E-state index contributed by atoms with van der Waals surface area (Å²) in [5.41, 5.74) is 0.675. The molecule has 0 N–H and O–H groups in total. The molecule has 0 radical (unpaired) electrons. The van der Waals surface area contributed by atoms with Crippen molar-refractivity contribution in [3.63, 3.8) is 0 Å². The number of carbonyl (C=O) groups is 1. The molecule has 0 bridgehead atoms. The number of hydrogen-bond donors (Lipinski definition) is 0. The number of nitrogens with zero attached hydrogens (tertiary/aromatic N) is 6. The van der Waals surface area contributed by atoms with Gasteiger partial charge >= 0.3 is 5.69 Å². The van der Waals surface area contributed by atoms with E-state index in [0.29, 0.717) is 55.0 Å². The molecule has 6 rings (SSSR count). The quantitative estimate of drug-likeness (QED) is 0.390. The lowest BCUT2D eigenvalue weighted by molar-refractivity contribution is -0.126. The molecule has 0 aliphatic carbocycles. The molecule has 3 aliphatic heterocycles. The van der Waals surface area contributed by atoms with Crippen molar-refractivity contribution in [1.82, 2.24) is 24.3 Å².